The third-order valence-electron chi connectivity index (χ3n) is 4.50. The zero-order valence-corrected chi connectivity index (χ0v) is 13.5. The Kier molecular flexibility index (Phi) is 4.24. The van der Waals surface area contributed by atoms with Gasteiger partial charge in [0.25, 0.3) is 0 Å². The average molecular weight is 328 g/mol. The summed E-state index contributed by atoms with van der Waals surface area (Å²) in [7, 11) is -3.61. The van der Waals surface area contributed by atoms with Gasteiger partial charge in [0.05, 0.1) is 17.1 Å². The minimum atomic E-state index is -3.61. The first-order valence-corrected chi connectivity index (χ1v) is 8.98. The molecule has 0 bridgehead atoms. The number of piperidine rings is 1. The Labute approximate surface area is 130 Å². The summed E-state index contributed by atoms with van der Waals surface area (Å²) in [5.41, 5.74) is -0.0445. The van der Waals surface area contributed by atoms with Gasteiger partial charge in [-0.2, -0.15) is 4.31 Å². The number of sulfonamides is 1. The largest absolute Gasteiger partial charge is 0.372 e. The number of aryl methyl sites for hydroxylation is 1. The highest BCUT2D eigenvalue weighted by atomic mass is 32.2. The molecule has 2 aliphatic rings. The summed E-state index contributed by atoms with van der Waals surface area (Å²) in [6.45, 7) is 4.36. The standard InChI is InChI=1S/C15H21FN2O3S/c1-12-10-13(2-3-14(12)16)22(19,20)18-8-9-21-15(11-18)4-6-17-7-5-15/h2-3,10,17H,4-9,11H2,1H3. The van der Waals surface area contributed by atoms with Gasteiger partial charge in [-0.15, -0.1) is 0 Å². The van der Waals surface area contributed by atoms with Crippen LogP contribution < -0.4 is 5.32 Å². The molecule has 2 saturated heterocycles. The van der Waals surface area contributed by atoms with Gasteiger partial charge < -0.3 is 10.1 Å². The fourth-order valence-corrected chi connectivity index (χ4v) is 4.71. The van der Waals surface area contributed by atoms with Crippen LogP contribution in [0.3, 0.4) is 0 Å². The Morgan fingerprint density at radius 2 is 2.05 bits per heavy atom. The zero-order chi connectivity index (χ0) is 15.8. The minimum absolute atomic E-state index is 0.150. The van der Waals surface area contributed by atoms with Crippen LogP contribution >= 0.6 is 0 Å². The molecule has 7 heteroatoms. The summed E-state index contributed by atoms with van der Waals surface area (Å²) in [6.07, 6.45) is 1.61. The SMILES string of the molecule is Cc1cc(S(=O)(=O)N2CCOC3(CCNCC3)C2)ccc1F. The fraction of sp³-hybridized carbons (Fsp3) is 0.600. The van der Waals surface area contributed by atoms with E-state index in [1.54, 1.807) is 6.92 Å². The Morgan fingerprint density at radius 3 is 2.73 bits per heavy atom. The third kappa shape index (κ3) is 2.90. The molecular weight excluding hydrogens is 307 g/mol. The molecule has 0 amide bonds. The molecule has 0 aliphatic carbocycles. The number of nitrogens with one attached hydrogen (secondary N) is 1. The summed E-state index contributed by atoms with van der Waals surface area (Å²) < 4.78 is 46.4. The molecule has 0 radical (unpaired) electrons. The van der Waals surface area contributed by atoms with Gasteiger partial charge in [0.1, 0.15) is 5.82 Å². The highest BCUT2D eigenvalue weighted by molar-refractivity contribution is 7.89. The molecule has 1 aromatic carbocycles. The van der Waals surface area contributed by atoms with E-state index in [0.717, 1.165) is 25.9 Å². The highest BCUT2D eigenvalue weighted by Gasteiger charge is 2.41. The van der Waals surface area contributed by atoms with Crippen molar-refractivity contribution in [3.63, 3.8) is 0 Å². The van der Waals surface area contributed by atoms with Gasteiger partial charge in [0, 0.05) is 13.1 Å². The Bertz CT molecular complexity index is 651. The van der Waals surface area contributed by atoms with E-state index in [2.05, 4.69) is 5.32 Å². The summed E-state index contributed by atoms with van der Waals surface area (Å²) in [5.74, 6) is -0.393. The number of morpholine rings is 1. The van der Waals surface area contributed by atoms with Gasteiger partial charge in [0.15, 0.2) is 0 Å². The minimum Gasteiger partial charge on any atom is -0.372 e. The first-order chi connectivity index (χ1) is 10.4. The van der Waals surface area contributed by atoms with E-state index in [9.17, 15) is 12.8 Å². The molecule has 1 N–H and O–H groups in total. The topological polar surface area (TPSA) is 58.6 Å². The number of nitrogens with zero attached hydrogens (tertiary/aromatic N) is 1. The summed E-state index contributed by atoms with van der Waals surface area (Å²) in [6, 6.07) is 3.94. The van der Waals surface area contributed by atoms with Gasteiger partial charge in [-0.3, -0.25) is 0 Å². The van der Waals surface area contributed by atoms with E-state index in [0.29, 0.717) is 25.3 Å². The van der Waals surface area contributed by atoms with E-state index in [1.165, 1.54) is 22.5 Å². The van der Waals surface area contributed by atoms with Crippen molar-refractivity contribution in [2.24, 2.45) is 0 Å². The Balaban J connectivity index is 1.86. The Morgan fingerprint density at radius 1 is 1.32 bits per heavy atom. The maximum Gasteiger partial charge on any atom is 0.243 e. The normalized spacial score (nSPS) is 22.8. The van der Waals surface area contributed by atoms with Crippen molar-refractivity contribution < 1.29 is 17.5 Å². The highest BCUT2D eigenvalue weighted by Crippen LogP contribution is 2.30. The molecule has 2 aliphatic heterocycles. The summed E-state index contributed by atoms with van der Waals surface area (Å²) >= 11 is 0. The first-order valence-electron chi connectivity index (χ1n) is 7.54. The maximum atomic E-state index is 13.4. The molecule has 122 valence electrons. The molecule has 3 rings (SSSR count). The van der Waals surface area contributed by atoms with E-state index in [1.807, 2.05) is 0 Å². The van der Waals surface area contributed by atoms with Gasteiger partial charge in [0.2, 0.25) is 10.0 Å². The molecule has 5 nitrogen and oxygen atoms in total. The molecule has 1 aromatic rings. The van der Waals surface area contributed by atoms with E-state index in [4.69, 9.17) is 4.74 Å². The second kappa shape index (κ2) is 5.88. The van der Waals surface area contributed by atoms with Crippen LogP contribution in [-0.4, -0.2) is 51.1 Å². The van der Waals surface area contributed by atoms with Crippen LogP contribution in [0.1, 0.15) is 18.4 Å². The summed E-state index contributed by atoms with van der Waals surface area (Å²) in [4.78, 5) is 0.150. The molecule has 0 atom stereocenters. The van der Waals surface area contributed by atoms with Crippen LogP contribution in [0.15, 0.2) is 23.1 Å². The molecule has 22 heavy (non-hydrogen) atoms. The van der Waals surface area contributed by atoms with E-state index in [-0.39, 0.29) is 10.5 Å². The predicted octanol–water partition coefficient (Wildman–Crippen LogP) is 1.28. The lowest BCUT2D eigenvalue weighted by atomic mass is 9.91. The monoisotopic (exact) mass is 328 g/mol. The quantitative estimate of drug-likeness (QED) is 0.888. The molecule has 0 aromatic heterocycles. The van der Waals surface area contributed by atoms with Crippen LogP contribution in [-0.2, 0) is 14.8 Å². The summed E-state index contributed by atoms with van der Waals surface area (Å²) in [5, 5.41) is 3.27. The van der Waals surface area contributed by atoms with E-state index >= 15 is 0 Å². The van der Waals surface area contributed by atoms with Gasteiger partial charge >= 0.3 is 0 Å². The molecule has 0 unspecified atom stereocenters. The number of hydrogen-bond acceptors (Lipinski definition) is 4. The first kappa shape index (κ1) is 15.9. The van der Waals surface area contributed by atoms with Gasteiger partial charge in [-0.25, -0.2) is 12.8 Å². The second-order valence-corrected chi connectivity index (χ2v) is 7.97. The molecule has 2 fully saturated rings. The van der Waals surface area contributed by atoms with Crippen LogP contribution in [0.5, 0.6) is 0 Å². The fourth-order valence-electron chi connectivity index (χ4n) is 3.13. The van der Waals surface area contributed by atoms with Crippen molar-refractivity contribution in [3.8, 4) is 0 Å². The molecule has 2 heterocycles. The van der Waals surface area contributed by atoms with Crippen molar-refractivity contribution in [2.75, 3.05) is 32.8 Å². The number of benzene rings is 1. The lowest BCUT2D eigenvalue weighted by Gasteiger charge is -2.44. The van der Waals surface area contributed by atoms with Crippen molar-refractivity contribution >= 4 is 10.0 Å². The van der Waals surface area contributed by atoms with Gasteiger partial charge in [-0.05, 0) is 56.6 Å². The Hall–Kier alpha value is -1.02. The average Bonchev–Trinajstić information content (AvgIpc) is 2.51. The number of hydrogen-bond donors (Lipinski definition) is 1. The number of halogens is 1. The van der Waals surface area contributed by atoms with Crippen molar-refractivity contribution in [1.82, 2.24) is 9.62 Å². The molecule has 0 saturated carbocycles. The van der Waals surface area contributed by atoms with Crippen LogP contribution in [0.4, 0.5) is 4.39 Å². The lowest BCUT2D eigenvalue weighted by molar-refractivity contribution is -0.105. The third-order valence-corrected chi connectivity index (χ3v) is 6.34. The van der Waals surface area contributed by atoms with Crippen molar-refractivity contribution in [2.45, 2.75) is 30.3 Å². The van der Waals surface area contributed by atoms with Crippen molar-refractivity contribution in [3.05, 3.63) is 29.6 Å². The number of ether oxygens (including phenoxy) is 1. The van der Waals surface area contributed by atoms with Crippen molar-refractivity contribution in [1.29, 1.82) is 0 Å². The second-order valence-electron chi connectivity index (χ2n) is 6.03. The maximum absolute atomic E-state index is 13.4. The van der Waals surface area contributed by atoms with Crippen LogP contribution in [0.25, 0.3) is 0 Å². The number of rotatable bonds is 2. The smallest absolute Gasteiger partial charge is 0.243 e. The molecule has 1 spiro atoms. The van der Waals surface area contributed by atoms with Gasteiger partial charge in [-0.1, -0.05) is 0 Å². The lowest BCUT2D eigenvalue weighted by Crippen LogP contribution is -2.57. The molecular formula is C15H21FN2O3S. The van der Waals surface area contributed by atoms with E-state index < -0.39 is 15.8 Å². The van der Waals surface area contributed by atoms with Crippen LogP contribution in [0.2, 0.25) is 0 Å². The predicted molar refractivity (Wildman–Crippen MR) is 80.7 cm³/mol. The van der Waals surface area contributed by atoms with Crippen LogP contribution in [0, 0.1) is 12.7 Å². The zero-order valence-electron chi connectivity index (χ0n) is 12.6.